The smallest absolute Gasteiger partial charge is 0.174 e. The van der Waals surface area contributed by atoms with E-state index in [1.54, 1.807) is 12.1 Å². The Labute approximate surface area is 114 Å². The van der Waals surface area contributed by atoms with E-state index in [9.17, 15) is 20.1 Å². The molecule has 0 saturated carbocycles. The Balaban J connectivity index is 2.02. The van der Waals surface area contributed by atoms with Gasteiger partial charge in [-0.3, -0.25) is 4.79 Å². The molecule has 0 amide bonds. The van der Waals surface area contributed by atoms with Gasteiger partial charge >= 0.3 is 0 Å². The molecule has 3 N–H and O–H groups in total. The monoisotopic (exact) mass is 272 g/mol. The quantitative estimate of drug-likeness (QED) is 0.742. The van der Waals surface area contributed by atoms with Gasteiger partial charge in [-0.05, 0) is 17.7 Å². The molecular formula is C15H12O5. The molecule has 0 aromatic heterocycles. The van der Waals surface area contributed by atoms with Gasteiger partial charge in [0.15, 0.2) is 5.78 Å². The molecule has 5 heteroatoms. The average Bonchev–Trinajstić information content (AvgIpc) is 2.37. The Morgan fingerprint density at radius 2 is 1.85 bits per heavy atom. The highest BCUT2D eigenvalue weighted by Crippen LogP contribution is 2.41. The minimum absolute atomic E-state index is 0.0643. The van der Waals surface area contributed by atoms with Crippen LogP contribution in [0.1, 0.15) is 28.4 Å². The molecule has 0 radical (unpaired) electrons. The van der Waals surface area contributed by atoms with Crippen LogP contribution in [-0.4, -0.2) is 21.1 Å². The fraction of sp³-hybridized carbons (Fsp3) is 0.133. The van der Waals surface area contributed by atoms with E-state index in [0.717, 1.165) is 6.07 Å². The van der Waals surface area contributed by atoms with Crippen molar-refractivity contribution < 1.29 is 24.9 Å². The largest absolute Gasteiger partial charge is 0.508 e. The normalized spacial score (nSPS) is 17.4. The zero-order valence-electron chi connectivity index (χ0n) is 10.4. The Hall–Kier alpha value is -2.69. The van der Waals surface area contributed by atoms with Crippen LogP contribution in [0.5, 0.6) is 23.0 Å². The summed E-state index contributed by atoms with van der Waals surface area (Å²) in [5, 5.41) is 28.6. The first-order chi connectivity index (χ1) is 9.54. The van der Waals surface area contributed by atoms with Crippen LogP contribution >= 0.6 is 0 Å². The Bertz CT molecular complexity index is 693. The second-order valence-electron chi connectivity index (χ2n) is 4.67. The summed E-state index contributed by atoms with van der Waals surface area (Å²) in [4.78, 5) is 12.1. The van der Waals surface area contributed by atoms with E-state index >= 15 is 0 Å². The van der Waals surface area contributed by atoms with Crippen molar-refractivity contribution in [2.45, 2.75) is 12.5 Å². The number of hydrogen-bond acceptors (Lipinski definition) is 5. The van der Waals surface area contributed by atoms with Gasteiger partial charge < -0.3 is 20.1 Å². The molecule has 0 unspecified atom stereocenters. The van der Waals surface area contributed by atoms with Crippen LogP contribution in [0, 0.1) is 0 Å². The van der Waals surface area contributed by atoms with Gasteiger partial charge in [-0.2, -0.15) is 0 Å². The summed E-state index contributed by atoms with van der Waals surface area (Å²) in [6.45, 7) is 0. The number of benzene rings is 2. The number of ether oxygens (including phenoxy) is 1. The van der Waals surface area contributed by atoms with Crippen LogP contribution in [0.4, 0.5) is 0 Å². The molecule has 0 spiro atoms. The van der Waals surface area contributed by atoms with Gasteiger partial charge in [0.1, 0.15) is 34.7 Å². The summed E-state index contributed by atoms with van der Waals surface area (Å²) >= 11 is 0. The number of carbonyl (C=O) groups excluding carboxylic acids is 1. The van der Waals surface area contributed by atoms with Gasteiger partial charge in [-0.1, -0.05) is 12.1 Å². The highest BCUT2D eigenvalue weighted by Gasteiger charge is 2.30. The van der Waals surface area contributed by atoms with Crippen molar-refractivity contribution in [2.75, 3.05) is 0 Å². The Morgan fingerprint density at radius 3 is 2.60 bits per heavy atom. The SMILES string of the molecule is O=C1C[C@@H](c2cccc(O)c2)Oc2cc(O)cc(O)c21. The molecule has 5 nitrogen and oxygen atoms in total. The first-order valence-corrected chi connectivity index (χ1v) is 6.09. The van der Waals surface area contributed by atoms with Gasteiger partial charge in [0.05, 0.1) is 6.42 Å². The minimum Gasteiger partial charge on any atom is -0.508 e. The van der Waals surface area contributed by atoms with Crippen LogP contribution in [0.2, 0.25) is 0 Å². The Kier molecular flexibility index (Phi) is 2.75. The van der Waals surface area contributed by atoms with Crippen LogP contribution in [0.25, 0.3) is 0 Å². The molecule has 0 fully saturated rings. The van der Waals surface area contributed by atoms with Gasteiger partial charge in [-0.15, -0.1) is 0 Å². The van der Waals surface area contributed by atoms with Crippen molar-refractivity contribution in [3.05, 3.63) is 47.5 Å². The molecule has 0 saturated heterocycles. The van der Waals surface area contributed by atoms with E-state index in [-0.39, 0.29) is 40.8 Å². The number of ketones is 1. The third-order valence-corrected chi connectivity index (χ3v) is 3.23. The lowest BCUT2D eigenvalue weighted by Crippen LogP contribution is -2.20. The number of rotatable bonds is 1. The molecule has 1 atom stereocenters. The summed E-state index contributed by atoms with van der Waals surface area (Å²) in [7, 11) is 0. The van der Waals surface area contributed by atoms with Crippen molar-refractivity contribution in [1.29, 1.82) is 0 Å². The predicted molar refractivity (Wildman–Crippen MR) is 70.2 cm³/mol. The van der Waals surface area contributed by atoms with Gasteiger partial charge in [-0.25, -0.2) is 0 Å². The molecule has 0 bridgehead atoms. The summed E-state index contributed by atoms with van der Waals surface area (Å²) < 4.78 is 5.65. The third-order valence-electron chi connectivity index (χ3n) is 3.23. The van der Waals surface area contributed by atoms with Crippen molar-refractivity contribution in [1.82, 2.24) is 0 Å². The van der Waals surface area contributed by atoms with E-state index in [2.05, 4.69) is 0 Å². The first kappa shape index (κ1) is 12.3. The lowest BCUT2D eigenvalue weighted by molar-refractivity contribution is 0.0844. The van der Waals surface area contributed by atoms with Gasteiger partial charge in [0.2, 0.25) is 0 Å². The van der Waals surface area contributed by atoms with Crippen molar-refractivity contribution in [2.24, 2.45) is 0 Å². The third kappa shape index (κ3) is 2.03. The highest BCUT2D eigenvalue weighted by molar-refractivity contribution is 6.02. The minimum atomic E-state index is -0.553. The van der Waals surface area contributed by atoms with Crippen LogP contribution in [0.3, 0.4) is 0 Å². The second kappa shape index (κ2) is 4.45. The molecular weight excluding hydrogens is 260 g/mol. The molecule has 1 aliphatic heterocycles. The van der Waals surface area contributed by atoms with E-state index in [1.165, 1.54) is 18.2 Å². The van der Waals surface area contributed by atoms with Crippen molar-refractivity contribution in [3.63, 3.8) is 0 Å². The van der Waals surface area contributed by atoms with Crippen molar-refractivity contribution in [3.8, 4) is 23.0 Å². The van der Waals surface area contributed by atoms with Crippen LogP contribution in [0.15, 0.2) is 36.4 Å². The molecule has 3 rings (SSSR count). The zero-order chi connectivity index (χ0) is 14.3. The zero-order valence-corrected chi connectivity index (χ0v) is 10.4. The lowest BCUT2D eigenvalue weighted by Gasteiger charge is -2.26. The second-order valence-corrected chi connectivity index (χ2v) is 4.67. The van der Waals surface area contributed by atoms with Crippen LogP contribution in [-0.2, 0) is 0 Å². The van der Waals surface area contributed by atoms with E-state index < -0.39 is 6.10 Å². The van der Waals surface area contributed by atoms with E-state index in [4.69, 9.17) is 4.74 Å². The van der Waals surface area contributed by atoms with E-state index in [0.29, 0.717) is 5.56 Å². The standard InChI is InChI=1S/C15H12O5/c16-9-3-1-2-8(4-9)13-7-12(19)15-11(18)5-10(17)6-14(15)20-13/h1-6,13,16-18H,7H2/t13-/m0/s1. The van der Waals surface area contributed by atoms with Crippen LogP contribution < -0.4 is 4.74 Å². The number of carbonyl (C=O) groups is 1. The fourth-order valence-electron chi connectivity index (χ4n) is 2.34. The maximum absolute atomic E-state index is 12.1. The molecule has 0 aliphatic carbocycles. The number of phenolic OH excluding ortho intramolecular Hbond substituents is 3. The number of fused-ring (bicyclic) bond motifs is 1. The summed E-state index contributed by atoms with van der Waals surface area (Å²) in [6.07, 6.45) is -0.488. The van der Waals surface area contributed by atoms with Crippen molar-refractivity contribution >= 4 is 5.78 Å². The highest BCUT2D eigenvalue weighted by atomic mass is 16.5. The van der Waals surface area contributed by atoms with E-state index in [1.807, 2.05) is 0 Å². The van der Waals surface area contributed by atoms with Gasteiger partial charge in [0.25, 0.3) is 0 Å². The molecule has 102 valence electrons. The summed E-state index contributed by atoms with van der Waals surface area (Å²) in [5.41, 5.74) is 0.742. The number of aromatic hydroxyl groups is 3. The topological polar surface area (TPSA) is 87.0 Å². The summed E-state index contributed by atoms with van der Waals surface area (Å²) in [5.74, 6) is -0.503. The maximum Gasteiger partial charge on any atom is 0.174 e. The fourth-order valence-corrected chi connectivity index (χ4v) is 2.34. The molecule has 1 aliphatic rings. The lowest BCUT2D eigenvalue weighted by atomic mass is 9.95. The Morgan fingerprint density at radius 1 is 1.05 bits per heavy atom. The number of Topliss-reactive ketones (excluding diaryl/α,β-unsaturated/α-hetero) is 1. The predicted octanol–water partition coefficient (Wildman–Crippen LogP) is 2.51. The van der Waals surface area contributed by atoms with Gasteiger partial charge in [0, 0.05) is 12.1 Å². The molecule has 2 aromatic carbocycles. The first-order valence-electron chi connectivity index (χ1n) is 6.09. The summed E-state index contributed by atoms with van der Waals surface area (Å²) in [6, 6.07) is 8.85. The average molecular weight is 272 g/mol. The molecule has 20 heavy (non-hydrogen) atoms. The maximum atomic E-state index is 12.1. The number of hydrogen-bond donors (Lipinski definition) is 3. The number of phenols is 3. The molecule has 1 heterocycles. The molecule has 2 aromatic rings.